The molecule has 1 aromatic rings. The highest BCUT2D eigenvalue weighted by Crippen LogP contribution is 2.22. The third kappa shape index (κ3) is 3.92. The second-order valence-corrected chi connectivity index (χ2v) is 6.36. The number of carboxylic acid groups (broad SMARTS) is 1. The third-order valence-corrected chi connectivity index (χ3v) is 3.96. The Morgan fingerprint density at radius 3 is 2.45 bits per heavy atom. The molecular formula is C11H12ClNO6S. The molecule has 7 nitrogen and oxygen atoms in total. The lowest BCUT2D eigenvalue weighted by Crippen LogP contribution is -2.43. The Morgan fingerprint density at radius 2 is 2.00 bits per heavy atom. The van der Waals surface area contributed by atoms with Gasteiger partial charge in [-0.05, 0) is 18.2 Å². The summed E-state index contributed by atoms with van der Waals surface area (Å²) in [6.07, 6.45) is 0.934. The molecule has 110 valence electrons. The first-order valence-electron chi connectivity index (χ1n) is 5.31. The van der Waals surface area contributed by atoms with Gasteiger partial charge in [0, 0.05) is 11.8 Å². The maximum Gasteiger partial charge on any atom is 0.328 e. The summed E-state index contributed by atoms with van der Waals surface area (Å²) in [6.45, 7) is -0.784. The van der Waals surface area contributed by atoms with E-state index in [1.54, 1.807) is 0 Å². The summed E-state index contributed by atoms with van der Waals surface area (Å²) in [4.78, 5) is 22.2. The zero-order valence-corrected chi connectivity index (χ0v) is 11.9. The van der Waals surface area contributed by atoms with Gasteiger partial charge in [-0.25, -0.2) is 13.2 Å². The predicted molar refractivity (Wildman–Crippen MR) is 70.5 cm³/mol. The first-order valence-corrected chi connectivity index (χ1v) is 7.58. The normalized spacial score (nSPS) is 12.8. The highest BCUT2D eigenvalue weighted by molar-refractivity contribution is 7.90. The number of amides is 1. The van der Waals surface area contributed by atoms with Crippen LogP contribution in [0.5, 0.6) is 0 Å². The molecule has 20 heavy (non-hydrogen) atoms. The van der Waals surface area contributed by atoms with Crippen LogP contribution in [0.4, 0.5) is 0 Å². The standard InChI is InChI=1S/C11H12ClNO6S/c1-20(18,19)9-4-6(2-3-7(9)12)10(15)13-8(5-14)11(16)17/h2-4,8,14H,5H2,1H3,(H,13,15)(H,16,17)/t8-/m0/s1. The second-order valence-electron chi connectivity index (χ2n) is 3.96. The topological polar surface area (TPSA) is 121 Å². The number of benzene rings is 1. The molecule has 0 bridgehead atoms. The molecule has 0 heterocycles. The molecule has 0 aliphatic carbocycles. The van der Waals surface area contributed by atoms with E-state index in [0.29, 0.717) is 0 Å². The van der Waals surface area contributed by atoms with Crippen molar-refractivity contribution in [1.82, 2.24) is 5.32 Å². The number of aliphatic hydroxyl groups is 1. The van der Waals surface area contributed by atoms with E-state index >= 15 is 0 Å². The smallest absolute Gasteiger partial charge is 0.328 e. The van der Waals surface area contributed by atoms with Crippen molar-refractivity contribution in [2.45, 2.75) is 10.9 Å². The number of carbonyl (C=O) groups is 2. The number of aliphatic carboxylic acids is 1. The monoisotopic (exact) mass is 321 g/mol. The summed E-state index contributed by atoms with van der Waals surface area (Å²) in [5, 5.41) is 19.5. The summed E-state index contributed by atoms with van der Waals surface area (Å²) in [5.41, 5.74) is -0.0745. The summed E-state index contributed by atoms with van der Waals surface area (Å²) in [6, 6.07) is 2.05. The van der Waals surface area contributed by atoms with E-state index in [2.05, 4.69) is 5.32 Å². The van der Waals surface area contributed by atoms with Gasteiger partial charge in [-0.3, -0.25) is 4.79 Å². The molecule has 9 heteroatoms. The molecule has 0 aromatic heterocycles. The van der Waals surface area contributed by atoms with Gasteiger partial charge in [0.25, 0.3) is 5.91 Å². The van der Waals surface area contributed by atoms with Crippen LogP contribution in [0.15, 0.2) is 23.1 Å². The minimum absolute atomic E-state index is 0.0407. The predicted octanol–water partition coefficient (Wildman–Crippen LogP) is -0.0812. The van der Waals surface area contributed by atoms with Crippen LogP contribution in [-0.2, 0) is 14.6 Å². The van der Waals surface area contributed by atoms with E-state index in [1.807, 2.05) is 0 Å². The summed E-state index contributed by atoms with van der Waals surface area (Å²) >= 11 is 5.72. The van der Waals surface area contributed by atoms with Crippen molar-refractivity contribution >= 4 is 33.3 Å². The van der Waals surface area contributed by atoms with Gasteiger partial charge < -0.3 is 15.5 Å². The van der Waals surface area contributed by atoms with E-state index in [9.17, 15) is 18.0 Å². The SMILES string of the molecule is CS(=O)(=O)c1cc(C(=O)N[C@@H](CO)C(=O)O)ccc1Cl. The molecule has 1 amide bonds. The van der Waals surface area contributed by atoms with Crippen molar-refractivity contribution in [2.24, 2.45) is 0 Å². The van der Waals surface area contributed by atoms with Gasteiger partial charge in [0.1, 0.15) is 0 Å². The van der Waals surface area contributed by atoms with Crippen molar-refractivity contribution in [2.75, 3.05) is 12.9 Å². The number of nitrogens with one attached hydrogen (secondary N) is 1. The van der Waals surface area contributed by atoms with Crippen LogP contribution in [0.2, 0.25) is 5.02 Å². The third-order valence-electron chi connectivity index (χ3n) is 2.38. The van der Waals surface area contributed by atoms with Crippen LogP contribution in [0.3, 0.4) is 0 Å². The first-order chi connectivity index (χ1) is 9.16. The highest BCUT2D eigenvalue weighted by Gasteiger charge is 2.21. The molecule has 0 aliphatic heterocycles. The Kier molecular flexibility index (Phi) is 5.09. The molecule has 0 saturated heterocycles. The molecule has 0 saturated carbocycles. The fourth-order valence-corrected chi connectivity index (χ4v) is 2.66. The quantitative estimate of drug-likeness (QED) is 0.697. The zero-order valence-electron chi connectivity index (χ0n) is 10.3. The van der Waals surface area contributed by atoms with Crippen molar-refractivity contribution < 1.29 is 28.2 Å². The molecule has 0 aliphatic rings. The van der Waals surface area contributed by atoms with E-state index in [-0.39, 0.29) is 15.5 Å². The van der Waals surface area contributed by atoms with E-state index in [0.717, 1.165) is 12.3 Å². The Balaban J connectivity index is 3.09. The largest absolute Gasteiger partial charge is 0.480 e. The van der Waals surface area contributed by atoms with Crippen LogP contribution in [0, 0.1) is 0 Å². The van der Waals surface area contributed by atoms with Crippen molar-refractivity contribution in [1.29, 1.82) is 0 Å². The van der Waals surface area contributed by atoms with E-state index in [4.69, 9.17) is 21.8 Å². The Hall–Kier alpha value is -1.64. The van der Waals surface area contributed by atoms with Crippen LogP contribution in [0.25, 0.3) is 0 Å². The Morgan fingerprint density at radius 1 is 1.40 bits per heavy atom. The number of sulfone groups is 1. The summed E-state index contributed by atoms with van der Waals surface area (Å²) < 4.78 is 22.9. The van der Waals surface area contributed by atoms with Crippen molar-refractivity contribution in [3.8, 4) is 0 Å². The lowest BCUT2D eigenvalue weighted by Gasteiger charge is -2.12. The highest BCUT2D eigenvalue weighted by atomic mass is 35.5. The number of hydrogen-bond acceptors (Lipinski definition) is 5. The van der Waals surface area contributed by atoms with Crippen LogP contribution < -0.4 is 5.32 Å². The molecule has 0 unspecified atom stereocenters. The lowest BCUT2D eigenvalue weighted by molar-refractivity contribution is -0.140. The molecule has 0 radical (unpaired) electrons. The first kappa shape index (κ1) is 16.4. The minimum Gasteiger partial charge on any atom is -0.480 e. The number of rotatable bonds is 5. The van der Waals surface area contributed by atoms with E-state index in [1.165, 1.54) is 12.1 Å². The Labute approximate surface area is 120 Å². The molecule has 3 N–H and O–H groups in total. The van der Waals surface area contributed by atoms with Crippen molar-refractivity contribution in [3.63, 3.8) is 0 Å². The van der Waals surface area contributed by atoms with Gasteiger partial charge in [-0.2, -0.15) is 0 Å². The molecule has 1 atom stereocenters. The average Bonchev–Trinajstić information content (AvgIpc) is 2.34. The van der Waals surface area contributed by atoms with Gasteiger partial charge in [0.05, 0.1) is 16.5 Å². The maximum atomic E-state index is 11.8. The minimum atomic E-state index is -3.62. The molecule has 1 aromatic carbocycles. The number of aliphatic hydroxyl groups excluding tert-OH is 1. The number of halogens is 1. The molecular weight excluding hydrogens is 310 g/mol. The number of hydrogen-bond donors (Lipinski definition) is 3. The number of carbonyl (C=O) groups excluding carboxylic acids is 1. The summed E-state index contributed by atoms with van der Waals surface area (Å²) in [5.74, 6) is -2.23. The van der Waals surface area contributed by atoms with Crippen LogP contribution in [0.1, 0.15) is 10.4 Å². The van der Waals surface area contributed by atoms with Gasteiger partial charge in [0.2, 0.25) is 0 Å². The van der Waals surface area contributed by atoms with Gasteiger partial charge in [0.15, 0.2) is 15.9 Å². The van der Waals surface area contributed by atoms with Crippen molar-refractivity contribution in [3.05, 3.63) is 28.8 Å². The maximum absolute atomic E-state index is 11.8. The molecule has 0 spiro atoms. The van der Waals surface area contributed by atoms with Gasteiger partial charge in [-0.15, -0.1) is 0 Å². The van der Waals surface area contributed by atoms with Crippen LogP contribution in [-0.4, -0.2) is 49.4 Å². The van der Waals surface area contributed by atoms with E-state index < -0.39 is 34.4 Å². The molecule has 0 fully saturated rings. The lowest BCUT2D eigenvalue weighted by atomic mass is 10.2. The van der Waals surface area contributed by atoms with Crippen LogP contribution >= 0.6 is 11.6 Å². The number of carboxylic acids is 1. The van der Waals surface area contributed by atoms with Gasteiger partial charge >= 0.3 is 5.97 Å². The zero-order chi connectivity index (χ0) is 15.5. The van der Waals surface area contributed by atoms with Gasteiger partial charge in [-0.1, -0.05) is 11.6 Å². The second kappa shape index (κ2) is 6.21. The fraction of sp³-hybridized carbons (Fsp3) is 0.273. The molecule has 1 rings (SSSR count). The summed E-state index contributed by atoms with van der Waals surface area (Å²) in [7, 11) is -3.62. The fourth-order valence-electron chi connectivity index (χ4n) is 1.36. The average molecular weight is 322 g/mol. The Bertz CT molecular complexity index is 642.